The number of fused-ring (bicyclic) bond motifs is 1. The third kappa shape index (κ3) is 5.50. The largest absolute Gasteiger partial charge is 0.493 e. The molecule has 3 N–H and O–H groups in total. The Bertz CT molecular complexity index is 1090. The van der Waals surface area contributed by atoms with Crippen LogP contribution in [0.3, 0.4) is 0 Å². The van der Waals surface area contributed by atoms with E-state index in [0.29, 0.717) is 18.2 Å². The zero-order valence-electron chi connectivity index (χ0n) is 18.3. The smallest absolute Gasteiger partial charge is 0.237 e. The minimum absolute atomic E-state index is 0.0117. The maximum absolute atomic E-state index is 7.98. The van der Waals surface area contributed by atoms with Crippen molar-refractivity contribution in [3.05, 3.63) is 64.8 Å². The van der Waals surface area contributed by atoms with E-state index in [9.17, 15) is 0 Å². The van der Waals surface area contributed by atoms with E-state index in [4.69, 9.17) is 31.9 Å². The van der Waals surface area contributed by atoms with Crippen molar-refractivity contribution in [1.29, 1.82) is 10.8 Å². The van der Waals surface area contributed by atoms with Crippen molar-refractivity contribution >= 4 is 34.3 Å². The van der Waals surface area contributed by atoms with Crippen molar-refractivity contribution in [3.8, 4) is 5.75 Å². The highest BCUT2D eigenvalue weighted by Crippen LogP contribution is 2.29. The third-order valence-electron chi connectivity index (χ3n) is 5.93. The lowest BCUT2D eigenvalue weighted by atomic mass is 9.89. The summed E-state index contributed by atoms with van der Waals surface area (Å²) in [6.07, 6.45) is 3.32. The van der Waals surface area contributed by atoms with E-state index >= 15 is 0 Å². The van der Waals surface area contributed by atoms with Crippen LogP contribution < -0.4 is 4.74 Å². The van der Waals surface area contributed by atoms with Gasteiger partial charge in [-0.2, -0.15) is 0 Å². The van der Waals surface area contributed by atoms with Gasteiger partial charge in [-0.15, -0.1) is 0 Å². The number of hydrogen-bond donors (Lipinski definition) is 3. The summed E-state index contributed by atoms with van der Waals surface area (Å²) in [5, 5.41) is 17.1. The number of hydrogen-bond acceptors (Lipinski definition) is 5. The standard InChI is InChI=1S/C25H29ClN4O2/c1-17(27)32-25(28)23-16-21-22(29-23)4-2-5-24(21)31-15-3-12-30-13-10-19(11-14-30)18-6-8-20(26)9-7-18/h2,4-9,16,19,27-29H,3,10-15H2,1H3. The molecule has 1 saturated heterocycles. The minimum Gasteiger partial charge on any atom is -0.493 e. The number of aromatic amines is 1. The number of nitrogens with one attached hydrogen (secondary N) is 3. The van der Waals surface area contributed by atoms with Crippen molar-refractivity contribution in [1.82, 2.24) is 9.88 Å². The van der Waals surface area contributed by atoms with Crippen LogP contribution in [-0.4, -0.2) is 47.9 Å². The summed E-state index contributed by atoms with van der Waals surface area (Å²) in [6.45, 7) is 5.40. The topological polar surface area (TPSA) is 85.2 Å². The summed E-state index contributed by atoms with van der Waals surface area (Å²) in [5.74, 6) is 1.34. The Kier molecular flexibility index (Phi) is 7.12. The summed E-state index contributed by atoms with van der Waals surface area (Å²) < 4.78 is 11.2. The first-order chi connectivity index (χ1) is 15.5. The van der Waals surface area contributed by atoms with Gasteiger partial charge in [0.15, 0.2) is 5.90 Å². The molecule has 1 aromatic heterocycles. The van der Waals surface area contributed by atoms with Crippen LogP contribution in [0.25, 0.3) is 10.9 Å². The quantitative estimate of drug-likeness (QED) is 0.240. The molecule has 1 fully saturated rings. The zero-order chi connectivity index (χ0) is 22.5. The monoisotopic (exact) mass is 452 g/mol. The molecule has 0 unspecified atom stereocenters. The number of benzene rings is 2. The molecule has 2 heterocycles. The highest BCUT2D eigenvalue weighted by molar-refractivity contribution is 6.30. The van der Waals surface area contributed by atoms with Gasteiger partial charge in [0.25, 0.3) is 0 Å². The predicted molar refractivity (Wildman–Crippen MR) is 130 cm³/mol. The second-order valence-electron chi connectivity index (χ2n) is 8.26. The Morgan fingerprint density at radius 3 is 2.59 bits per heavy atom. The van der Waals surface area contributed by atoms with Gasteiger partial charge in [-0.25, -0.2) is 0 Å². The molecule has 0 amide bonds. The van der Waals surface area contributed by atoms with Crippen LogP contribution in [0.4, 0.5) is 0 Å². The second-order valence-corrected chi connectivity index (χ2v) is 8.69. The van der Waals surface area contributed by atoms with Crippen molar-refractivity contribution in [2.45, 2.75) is 32.1 Å². The molecule has 0 saturated carbocycles. The molecule has 3 aromatic rings. The fraction of sp³-hybridized carbons (Fsp3) is 0.360. The van der Waals surface area contributed by atoms with Gasteiger partial charge in [0.2, 0.25) is 5.90 Å². The van der Waals surface area contributed by atoms with Crippen molar-refractivity contribution in [2.24, 2.45) is 0 Å². The molecule has 7 heteroatoms. The van der Waals surface area contributed by atoms with E-state index in [2.05, 4.69) is 22.0 Å². The van der Waals surface area contributed by atoms with E-state index in [-0.39, 0.29) is 11.8 Å². The number of piperidine rings is 1. The van der Waals surface area contributed by atoms with Crippen LogP contribution in [0.15, 0.2) is 48.5 Å². The van der Waals surface area contributed by atoms with Crippen LogP contribution in [0, 0.1) is 10.8 Å². The first-order valence-electron chi connectivity index (χ1n) is 11.0. The number of ether oxygens (including phenoxy) is 2. The number of aromatic nitrogens is 1. The van der Waals surface area contributed by atoms with Crippen LogP contribution >= 0.6 is 11.6 Å². The van der Waals surface area contributed by atoms with E-state index < -0.39 is 0 Å². The summed E-state index contributed by atoms with van der Waals surface area (Å²) >= 11 is 6.01. The number of nitrogens with zero attached hydrogens (tertiary/aromatic N) is 1. The molecule has 0 bridgehead atoms. The second kappa shape index (κ2) is 10.2. The first-order valence-corrected chi connectivity index (χ1v) is 11.4. The van der Waals surface area contributed by atoms with Crippen molar-refractivity contribution in [2.75, 3.05) is 26.2 Å². The van der Waals surface area contributed by atoms with Crippen molar-refractivity contribution in [3.63, 3.8) is 0 Å². The molecule has 4 rings (SSSR count). The molecular formula is C25H29ClN4O2. The third-order valence-corrected chi connectivity index (χ3v) is 6.18. The molecular weight excluding hydrogens is 424 g/mol. The van der Waals surface area contributed by atoms with E-state index in [1.165, 1.54) is 25.3 Å². The number of likely N-dealkylation sites (tertiary alicyclic amines) is 1. The van der Waals surface area contributed by atoms with Gasteiger partial charge < -0.3 is 19.4 Å². The lowest BCUT2D eigenvalue weighted by Gasteiger charge is -2.32. The molecule has 168 valence electrons. The molecule has 0 atom stereocenters. The van der Waals surface area contributed by atoms with Gasteiger partial charge in [-0.1, -0.05) is 29.8 Å². The number of halogens is 1. The predicted octanol–water partition coefficient (Wildman–Crippen LogP) is 5.81. The molecule has 1 aliphatic rings. The van der Waals surface area contributed by atoms with Crippen molar-refractivity contribution < 1.29 is 9.47 Å². The number of H-pyrrole nitrogens is 1. The Labute approximate surface area is 193 Å². The van der Waals surface area contributed by atoms with Crippen LogP contribution in [-0.2, 0) is 4.74 Å². The zero-order valence-corrected chi connectivity index (χ0v) is 19.0. The summed E-state index contributed by atoms with van der Waals surface area (Å²) in [7, 11) is 0. The Morgan fingerprint density at radius 1 is 1.12 bits per heavy atom. The van der Waals surface area contributed by atoms with Gasteiger partial charge in [-0.05, 0) is 74.2 Å². The lowest BCUT2D eigenvalue weighted by Crippen LogP contribution is -2.34. The Hall–Kier alpha value is -2.83. The molecule has 32 heavy (non-hydrogen) atoms. The molecule has 6 nitrogen and oxygen atoms in total. The maximum atomic E-state index is 7.98. The highest BCUT2D eigenvalue weighted by atomic mass is 35.5. The summed E-state index contributed by atoms with van der Waals surface area (Å²) in [4.78, 5) is 5.68. The summed E-state index contributed by atoms with van der Waals surface area (Å²) in [5.41, 5.74) is 2.81. The highest BCUT2D eigenvalue weighted by Gasteiger charge is 2.20. The SMILES string of the molecule is CC(=N)OC(=N)c1cc2c(OCCCN3CCC(c4ccc(Cl)cc4)CC3)cccc2[nH]1. The average Bonchev–Trinajstić information content (AvgIpc) is 3.23. The van der Waals surface area contributed by atoms with Gasteiger partial charge in [0.1, 0.15) is 11.4 Å². The van der Waals surface area contributed by atoms with Crippen LogP contribution in [0.5, 0.6) is 5.75 Å². The van der Waals surface area contributed by atoms with E-state index in [0.717, 1.165) is 47.7 Å². The lowest BCUT2D eigenvalue weighted by molar-refractivity contribution is 0.193. The Morgan fingerprint density at radius 2 is 1.88 bits per heavy atom. The molecule has 0 aliphatic carbocycles. The van der Waals surface area contributed by atoms with Gasteiger partial charge in [-0.3, -0.25) is 10.8 Å². The summed E-state index contributed by atoms with van der Waals surface area (Å²) in [6, 6.07) is 16.0. The van der Waals surface area contributed by atoms with Gasteiger partial charge >= 0.3 is 0 Å². The average molecular weight is 453 g/mol. The number of rotatable bonds is 7. The van der Waals surface area contributed by atoms with Gasteiger partial charge in [0.05, 0.1) is 6.61 Å². The van der Waals surface area contributed by atoms with Crippen LogP contribution in [0.2, 0.25) is 5.02 Å². The van der Waals surface area contributed by atoms with Crippen LogP contribution in [0.1, 0.15) is 43.4 Å². The fourth-order valence-electron chi connectivity index (χ4n) is 4.28. The van der Waals surface area contributed by atoms with E-state index in [1.54, 1.807) is 0 Å². The minimum atomic E-state index is -0.0679. The maximum Gasteiger partial charge on any atom is 0.237 e. The Balaban J connectivity index is 1.25. The van der Waals surface area contributed by atoms with Gasteiger partial charge in [0, 0.05) is 29.4 Å². The first kappa shape index (κ1) is 22.4. The fourth-order valence-corrected chi connectivity index (χ4v) is 4.40. The molecule has 0 radical (unpaired) electrons. The normalized spacial score (nSPS) is 15.1. The van der Waals surface area contributed by atoms with E-state index in [1.807, 2.05) is 36.4 Å². The molecule has 1 aliphatic heterocycles. The molecule has 2 aromatic carbocycles. The molecule has 0 spiro atoms.